The summed E-state index contributed by atoms with van der Waals surface area (Å²) in [6.07, 6.45) is 2.38. The molecular weight excluding hydrogens is 126 g/mol. The van der Waals surface area contributed by atoms with Crippen LogP contribution in [-0.4, -0.2) is 31.6 Å². The van der Waals surface area contributed by atoms with Gasteiger partial charge in [0.2, 0.25) is 0 Å². The van der Waals surface area contributed by atoms with Crippen molar-refractivity contribution in [2.24, 2.45) is 0 Å². The maximum atomic E-state index is 3.27. The van der Waals surface area contributed by atoms with Crippen molar-refractivity contribution in [3.05, 3.63) is 6.29 Å². The van der Waals surface area contributed by atoms with Crippen molar-refractivity contribution in [1.29, 1.82) is 0 Å². The van der Waals surface area contributed by atoms with E-state index in [0.717, 1.165) is 19.6 Å². The minimum absolute atomic E-state index is 1.06. The van der Waals surface area contributed by atoms with Crippen molar-refractivity contribution < 1.29 is 0 Å². The topological polar surface area (TPSA) is 27.3 Å². The van der Waals surface area contributed by atoms with Crippen LogP contribution in [0.3, 0.4) is 0 Å². The third-order valence-corrected chi connectivity index (χ3v) is 1.65. The molecule has 1 aliphatic rings. The Bertz CT molecular complexity index is 88.9. The summed E-state index contributed by atoms with van der Waals surface area (Å²) in [5, 5.41) is 6.55. The van der Waals surface area contributed by atoms with E-state index < -0.39 is 0 Å². The molecule has 1 radical (unpaired) electrons. The number of hydrogen-bond acceptors (Lipinski definition) is 3. The highest BCUT2D eigenvalue weighted by atomic mass is 15.4. The van der Waals surface area contributed by atoms with Gasteiger partial charge in [-0.25, -0.2) is 0 Å². The summed E-state index contributed by atoms with van der Waals surface area (Å²) >= 11 is 0. The smallest absolute Gasteiger partial charge is 0.173 e. The summed E-state index contributed by atoms with van der Waals surface area (Å²) < 4.78 is 0. The summed E-state index contributed by atoms with van der Waals surface area (Å²) in [6, 6.07) is 0. The highest BCUT2D eigenvalue weighted by molar-refractivity contribution is 4.87. The van der Waals surface area contributed by atoms with Crippen molar-refractivity contribution in [2.45, 2.75) is 13.3 Å². The van der Waals surface area contributed by atoms with Gasteiger partial charge in [0.1, 0.15) is 0 Å². The molecule has 1 saturated heterocycles. The molecule has 10 heavy (non-hydrogen) atoms. The molecule has 0 aromatic heterocycles. The molecule has 1 fully saturated rings. The Morgan fingerprint density at radius 2 is 2.00 bits per heavy atom. The third-order valence-electron chi connectivity index (χ3n) is 1.65. The van der Waals surface area contributed by atoms with Crippen LogP contribution in [0, 0.1) is 6.29 Å². The van der Waals surface area contributed by atoms with Gasteiger partial charge in [0.05, 0.1) is 0 Å². The summed E-state index contributed by atoms with van der Waals surface area (Å²) in [5.41, 5.74) is 0. The van der Waals surface area contributed by atoms with Crippen LogP contribution in [0.5, 0.6) is 0 Å². The molecule has 3 nitrogen and oxygen atoms in total. The molecule has 0 aliphatic carbocycles. The quantitative estimate of drug-likeness (QED) is 0.579. The Kier molecular flexibility index (Phi) is 3.12. The molecule has 0 aromatic rings. The lowest BCUT2D eigenvalue weighted by Gasteiger charge is -2.21. The van der Waals surface area contributed by atoms with Gasteiger partial charge in [0, 0.05) is 19.6 Å². The standard InChI is InChI=1S/C7H16N3/c1-3-6-10(2)7-8-4-5-9-7/h8-9H,3-6H2,1-2H3. The zero-order valence-electron chi connectivity index (χ0n) is 6.78. The fourth-order valence-electron chi connectivity index (χ4n) is 1.14. The summed E-state index contributed by atoms with van der Waals surface area (Å²) in [4.78, 5) is 2.22. The van der Waals surface area contributed by atoms with E-state index in [9.17, 15) is 0 Å². The minimum Gasteiger partial charge on any atom is -0.282 e. The molecule has 3 heteroatoms. The van der Waals surface area contributed by atoms with Gasteiger partial charge in [-0.1, -0.05) is 6.92 Å². The van der Waals surface area contributed by atoms with Crippen LogP contribution >= 0.6 is 0 Å². The van der Waals surface area contributed by atoms with Crippen LogP contribution in [0.25, 0.3) is 0 Å². The minimum atomic E-state index is 1.06. The third kappa shape index (κ3) is 1.94. The maximum absolute atomic E-state index is 3.27. The first-order valence-corrected chi connectivity index (χ1v) is 3.90. The lowest BCUT2D eigenvalue weighted by atomic mass is 10.4. The Hall–Kier alpha value is -0.120. The molecular formula is C7H16N3. The van der Waals surface area contributed by atoms with E-state index in [4.69, 9.17) is 0 Å². The van der Waals surface area contributed by atoms with Gasteiger partial charge >= 0.3 is 0 Å². The molecule has 2 N–H and O–H groups in total. The first-order valence-electron chi connectivity index (χ1n) is 3.90. The number of nitrogens with zero attached hydrogens (tertiary/aromatic N) is 1. The molecule has 0 amide bonds. The molecule has 0 bridgehead atoms. The van der Waals surface area contributed by atoms with Crippen molar-refractivity contribution in [1.82, 2.24) is 15.5 Å². The first kappa shape index (κ1) is 7.98. The molecule has 0 saturated carbocycles. The van der Waals surface area contributed by atoms with E-state index in [1.54, 1.807) is 0 Å². The van der Waals surface area contributed by atoms with Crippen molar-refractivity contribution in [3.8, 4) is 0 Å². The number of rotatable bonds is 3. The van der Waals surface area contributed by atoms with Gasteiger partial charge in [0.15, 0.2) is 6.29 Å². The monoisotopic (exact) mass is 142 g/mol. The molecule has 1 heterocycles. The fraction of sp³-hybridized carbons (Fsp3) is 0.857. The second-order valence-electron chi connectivity index (χ2n) is 2.62. The first-order chi connectivity index (χ1) is 4.84. The van der Waals surface area contributed by atoms with Gasteiger partial charge < -0.3 is 0 Å². The summed E-state index contributed by atoms with van der Waals surface area (Å²) in [5.74, 6) is 0. The Morgan fingerprint density at radius 3 is 2.50 bits per heavy atom. The number of hydrogen-bond donors (Lipinski definition) is 2. The van der Waals surface area contributed by atoms with Crippen LogP contribution in [0.15, 0.2) is 0 Å². The lowest BCUT2D eigenvalue weighted by Crippen LogP contribution is -2.38. The average molecular weight is 142 g/mol. The van der Waals surface area contributed by atoms with Crippen molar-refractivity contribution in [3.63, 3.8) is 0 Å². The molecule has 0 aromatic carbocycles. The fourth-order valence-corrected chi connectivity index (χ4v) is 1.14. The summed E-state index contributed by atoms with van der Waals surface area (Å²) in [6.45, 7) is 5.42. The van der Waals surface area contributed by atoms with Crippen LogP contribution in [0.1, 0.15) is 13.3 Å². The SMILES string of the molecule is CCCN(C)[C]1NCCN1. The number of nitrogens with one attached hydrogen (secondary N) is 2. The van der Waals surface area contributed by atoms with Crippen LogP contribution < -0.4 is 10.6 Å². The van der Waals surface area contributed by atoms with Crippen molar-refractivity contribution >= 4 is 0 Å². The lowest BCUT2D eigenvalue weighted by molar-refractivity contribution is 0.303. The maximum Gasteiger partial charge on any atom is 0.173 e. The molecule has 0 spiro atoms. The molecule has 0 atom stereocenters. The molecule has 59 valence electrons. The van der Waals surface area contributed by atoms with Gasteiger partial charge in [0.25, 0.3) is 0 Å². The Morgan fingerprint density at radius 1 is 1.40 bits per heavy atom. The second kappa shape index (κ2) is 3.91. The van der Waals surface area contributed by atoms with E-state index in [1.807, 2.05) is 0 Å². The molecule has 1 aliphatic heterocycles. The Labute approximate surface area is 62.8 Å². The van der Waals surface area contributed by atoms with E-state index in [1.165, 1.54) is 12.7 Å². The molecule has 1 rings (SSSR count). The van der Waals surface area contributed by atoms with E-state index in [2.05, 4.69) is 29.5 Å². The highest BCUT2D eigenvalue weighted by Crippen LogP contribution is 2.01. The van der Waals surface area contributed by atoms with Gasteiger partial charge in [-0.2, -0.15) is 0 Å². The predicted molar refractivity (Wildman–Crippen MR) is 42.2 cm³/mol. The second-order valence-corrected chi connectivity index (χ2v) is 2.62. The normalized spacial score (nSPS) is 20.7. The van der Waals surface area contributed by atoms with Crippen LogP contribution in [0.4, 0.5) is 0 Å². The predicted octanol–water partition coefficient (Wildman–Crippen LogP) is -0.0320. The summed E-state index contributed by atoms with van der Waals surface area (Å²) in [7, 11) is 2.10. The van der Waals surface area contributed by atoms with E-state index >= 15 is 0 Å². The van der Waals surface area contributed by atoms with Gasteiger partial charge in [-0.15, -0.1) is 0 Å². The molecule has 0 unspecified atom stereocenters. The Balaban J connectivity index is 2.18. The van der Waals surface area contributed by atoms with Gasteiger partial charge in [-0.05, 0) is 13.5 Å². The highest BCUT2D eigenvalue weighted by Gasteiger charge is 2.17. The van der Waals surface area contributed by atoms with Crippen LogP contribution in [-0.2, 0) is 0 Å². The van der Waals surface area contributed by atoms with Crippen molar-refractivity contribution in [2.75, 3.05) is 26.7 Å². The van der Waals surface area contributed by atoms with Gasteiger partial charge in [-0.3, -0.25) is 15.5 Å². The van der Waals surface area contributed by atoms with E-state index in [0.29, 0.717) is 0 Å². The zero-order valence-corrected chi connectivity index (χ0v) is 6.78. The average Bonchev–Trinajstić information content (AvgIpc) is 2.38. The van der Waals surface area contributed by atoms with E-state index in [-0.39, 0.29) is 0 Å². The van der Waals surface area contributed by atoms with Crippen LogP contribution in [0.2, 0.25) is 0 Å². The zero-order chi connectivity index (χ0) is 7.40. The largest absolute Gasteiger partial charge is 0.282 e.